The number of thioether (sulfide) groups is 1. The summed E-state index contributed by atoms with van der Waals surface area (Å²) in [5.74, 6) is 0.214. The summed E-state index contributed by atoms with van der Waals surface area (Å²) in [5.41, 5.74) is 4.45. The second-order valence-electron chi connectivity index (χ2n) is 7.30. The molecule has 9 heteroatoms. The number of halogens is 1. The van der Waals surface area contributed by atoms with E-state index < -0.39 is 0 Å². The van der Waals surface area contributed by atoms with E-state index in [1.54, 1.807) is 30.3 Å². The molecule has 1 aliphatic rings. The predicted octanol–water partition coefficient (Wildman–Crippen LogP) is 5.42. The molecule has 2 heterocycles. The fourth-order valence-electron chi connectivity index (χ4n) is 3.52. The monoisotopic (exact) mass is 473 g/mol. The zero-order valence-electron chi connectivity index (χ0n) is 17.1. The van der Waals surface area contributed by atoms with Crippen molar-refractivity contribution in [3.63, 3.8) is 0 Å². The van der Waals surface area contributed by atoms with Gasteiger partial charge in [0.05, 0.1) is 11.4 Å². The summed E-state index contributed by atoms with van der Waals surface area (Å²) in [6.45, 7) is 0.204. The van der Waals surface area contributed by atoms with Crippen LogP contribution in [0.1, 0.15) is 11.1 Å². The molecule has 0 bridgehead atoms. The number of benzene rings is 3. The Morgan fingerprint density at radius 3 is 2.36 bits per heavy atom. The van der Waals surface area contributed by atoms with Gasteiger partial charge in [-0.05, 0) is 57.4 Å². The minimum absolute atomic E-state index is 0.204. The predicted molar refractivity (Wildman–Crippen MR) is 128 cm³/mol. The number of nitrogens with zero attached hydrogens (tertiary/aromatic N) is 4. The second kappa shape index (κ2) is 9.01. The molecule has 1 saturated heterocycles. The minimum atomic E-state index is -0.300. The first-order valence-corrected chi connectivity index (χ1v) is 11.2. The third-order valence-electron chi connectivity index (χ3n) is 5.16. The largest absolute Gasteiger partial charge is 0.293 e. The quantitative estimate of drug-likeness (QED) is 0.389. The number of rotatable bonds is 5. The van der Waals surface area contributed by atoms with Crippen molar-refractivity contribution in [3.8, 4) is 22.5 Å². The standard InChI is InChI=1S/C24H16ClN5O2S/c25-18-11-7-15(8-12-18)13-21-23(31)30(24(32)33-21)14-16-5-9-17(10-6-16)19-3-1-2-4-20(19)22-26-28-29-27-22/h1-13H,14H2,(H,26,27,28,29)/b21-13-. The lowest BCUT2D eigenvalue weighted by Gasteiger charge is -2.13. The molecule has 33 heavy (non-hydrogen) atoms. The fraction of sp³-hybridized carbons (Fsp3) is 0.0417. The number of aromatic nitrogens is 4. The highest BCUT2D eigenvalue weighted by atomic mass is 35.5. The Morgan fingerprint density at radius 1 is 0.939 bits per heavy atom. The molecule has 7 nitrogen and oxygen atoms in total. The van der Waals surface area contributed by atoms with E-state index in [0.29, 0.717) is 15.8 Å². The zero-order chi connectivity index (χ0) is 22.8. The average molecular weight is 474 g/mol. The molecule has 1 aromatic heterocycles. The highest BCUT2D eigenvalue weighted by molar-refractivity contribution is 8.18. The van der Waals surface area contributed by atoms with Gasteiger partial charge in [-0.2, -0.15) is 5.21 Å². The lowest BCUT2D eigenvalue weighted by Crippen LogP contribution is -2.27. The van der Waals surface area contributed by atoms with Gasteiger partial charge in [0.15, 0.2) is 0 Å². The number of carbonyl (C=O) groups is 2. The van der Waals surface area contributed by atoms with Gasteiger partial charge in [0.2, 0.25) is 5.82 Å². The third kappa shape index (κ3) is 4.44. The summed E-state index contributed by atoms with van der Waals surface area (Å²) >= 11 is 6.86. The molecule has 2 amide bonds. The molecule has 0 unspecified atom stereocenters. The molecule has 3 aromatic carbocycles. The molecular weight excluding hydrogens is 458 g/mol. The number of aromatic amines is 1. The van der Waals surface area contributed by atoms with Crippen LogP contribution in [0.5, 0.6) is 0 Å². The molecule has 1 aliphatic heterocycles. The Bertz CT molecular complexity index is 1350. The topological polar surface area (TPSA) is 91.8 Å². The Labute approximate surface area is 198 Å². The van der Waals surface area contributed by atoms with Gasteiger partial charge in [-0.25, -0.2) is 0 Å². The van der Waals surface area contributed by atoms with Crippen molar-refractivity contribution in [3.05, 3.63) is 93.9 Å². The third-order valence-corrected chi connectivity index (χ3v) is 6.32. The van der Waals surface area contributed by atoms with E-state index in [2.05, 4.69) is 20.6 Å². The maximum Gasteiger partial charge on any atom is 0.293 e. The van der Waals surface area contributed by atoms with E-state index in [-0.39, 0.29) is 17.7 Å². The van der Waals surface area contributed by atoms with Crippen LogP contribution in [0.3, 0.4) is 0 Å². The summed E-state index contributed by atoms with van der Waals surface area (Å²) in [7, 11) is 0. The molecule has 0 saturated carbocycles. The first-order chi connectivity index (χ1) is 16.1. The van der Waals surface area contributed by atoms with Gasteiger partial charge < -0.3 is 0 Å². The average Bonchev–Trinajstić information content (AvgIpc) is 3.46. The minimum Gasteiger partial charge on any atom is -0.268 e. The summed E-state index contributed by atoms with van der Waals surface area (Å²) in [6.07, 6.45) is 1.71. The summed E-state index contributed by atoms with van der Waals surface area (Å²) < 4.78 is 0. The van der Waals surface area contributed by atoms with Gasteiger partial charge in [-0.15, -0.1) is 10.2 Å². The van der Waals surface area contributed by atoms with Crippen LogP contribution in [0.25, 0.3) is 28.6 Å². The molecule has 0 spiro atoms. The van der Waals surface area contributed by atoms with Crippen molar-refractivity contribution in [2.24, 2.45) is 0 Å². The van der Waals surface area contributed by atoms with Crippen LogP contribution in [-0.4, -0.2) is 36.7 Å². The van der Waals surface area contributed by atoms with E-state index >= 15 is 0 Å². The first-order valence-electron chi connectivity index (χ1n) is 10.0. The molecule has 1 N–H and O–H groups in total. The molecular formula is C24H16ClN5O2S. The smallest absolute Gasteiger partial charge is 0.268 e. The van der Waals surface area contributed by atoms with Crippen LogP contribution >= 0.6 is 23.4 Å². The normalized spacial score (nSPS) is 14.9. The Balaban J connectivity index is 1.35. The van der Waals surface area contributed by atoms with Crippen LogP contribution in [0, 0.1) is 0 Å². The molecule has 0 atom stereocenters. The van der Waals surface area contributed by atoms with Gasteiger partial charge in [0, 0.05) is 10.6 Å². The Morgan fingerprint density at radius 2 is 1.67 bits per heavy atom. The molecule has 162 valence electrons. The van der Waals surface area contributed by atoms with Crippen LogP contribution < -0.4 is 0 Å². The van der Waals surface area contributed by atoms with Crippen LogP contribution in [0.4, 0.5) is 4.79 Å². The van der Waals surface area contributed by atoms with Crippen molar-refractivity contribution in [1.29, 1.82) is 0 Å². The van der Waals surface area contributed by atoms with Crippen molar-refractivity contribution in [1.82, 2.24) is 25.5 Å². The molecule has 0 aliphatic carbocycles. The van der Waals surface area contributed by atoms with E-state index in [1.807, 2.05) is 48.5 Å². The summed E-state index contributed by atoms with van der Waals surface area (Å²) in [5, 5.41) is 14.6. The Hall–Kier alpha value is -3.75. The Kier molecular flexibility index (Phi) is 5.77. The SMILES string of the molecule is O=C1S/C(=C\c2ccc(Cl)cc2)C(=O)N1Cc1ccc(-c2ccccc2-c2nn[nH]n2)cc1. The van der Waals surface area contributed by atoms with Crippen LogP contribution in [-0.2, 0) is 11.3 Å². The molecule has 5 rings (SSSR count). The zero-order valence-corrected chi connectivity index (χ0v) is 18.7. The van der Waals surface area contributed by atoms with Gasteiger partial charge in [-0.1, -0.05) is 72.3 Å². The van der Waals surface area contributed by atoms with Crippen LogP contribution in [0.15, 0.2) is 77.7 Å². The second-order valence-corrected chi connectivity index (χ2v) is 8.73. The van der Waals surface area contributed by atoms with E-state index in [0.717, 1.165) is 39.6 Å². The maximum absolute atomic E-state index is 12.8. The fourth-order valence-corrected chi connectivity index (χ4v) is 4.49. The first kappa shape index (κ1) is 21.1. The highest BCUT2D eigenvalue weighted by Gasteiger charge is 2.34. The molecule has 4 aromatic rings. The number of amides is 2. The van der Waals surface area contributed by atoms with Crippen molar-refractivity contribution in [2.45, 2.75) is 6.54 Å². The van der Waals surface area contributed by atoms with E-state index in [9.17, 15) is 9.59 Å². The van der Waals surface area contributed by atoms with E-state index in [4.69, 9.17) is 11.6 Å². The lowest BCUT2D eigenvalue weighted by atomic mass is 9.98. The van der Waals surface area contributed by atoms with E-state index in [1.165, 1.54) is 4.90 Å². The van der Waals surface area contributed by atoms with Gasteiger partial charge >= 0.3 is 0 Å². The molecule has 1 fully saturated rings. The summed E-state index contributed by atoms with van der Waals surface area (Å²) in [4.78, 5) is 27.0. The number of carbonyl (C=O) groups excluding carboxylic acids is 2. The van der Waals surface area contributed by atoms with Gasteiger partial charge in [-0.3, -0.25) is 14.5 Å². The molecule has 0 radical (unpaired) electrons. The van der Waals surface area contributed by atoms with Gasteiger partial charge in [0.25, 0.3) is 11.1 Å². The van der Waals surface area contributed by atoms with Crippen LogP contribution in [0.2, 0.25) is 5.02 Å². The number of nitrogens with one attached hydrogen (secondary N) is 1. The van der Waals surface area contributed by atoms with Crippen molar-refractivity contribution >= 4 is 40.6 Å². The van der Waals surface area contributed by atoms with Crippen molar-refractivity contribution in [2.75, 3.05) is 0 Å². The highest BCUT2D eigenvalue weighted by Crippen LogP contribution is 2.34. The summed E-state index contributed by atoms with van der Waals surface area (Å²) in [6, 6.07) is 22.6. The maximum atomic E-state index is 12.8. The van der Waals surface area contributed by atoms with Gasteiger partial charge in [0.1, 0.15) is 0 Å². The number of tetrazole rings is 1. The van der Waals surface area contributed by atoms with Crippen molar-refractivity contribution < 1.29 is 9.59 Å². The lowest BCUT2D eigenvalue weighted by molar-refractivity contribution is -0.123. The number of hydrogen-bond donors (Lipinski definition) is 1. The number of H-pyrrole nitrogens is 1. The number of imide groups is 1. The number of hydrogen-bond acceptors (Lipinski definition) is 6.